The molecule has 0 saturated carbocycles. The Morgan fingerprint density at radius 2 is 2.29 bits per heavy atom. The highest BCUT2D eigenvalue weighted by Crippen LogP contribution is 2.27. The fraction of sp³-hybridized carbons (Fsp3) is 0.182. The Balaban J connectivity index is 2.77. The number of benzene rings is 1. The molecule has 0 fully saturated rings. The minimum absolute atomic E-state index is 0.380. The first-order valence-corrected chi connectivity index (χ1v) is 4.79. The van der Waals surface area contributed by atoms with Gasteiger partial charge in [0.15, 0.2) is 0 Å². The van der Waals surface area contributed by atoms with Gasteiger partial charge in [0.05, 0.1) is 17.1 Å². The predicted octanol–water partition coefficient (Wildman–Crippen LogP) is 2.80. The van der Waals surface area contributed by atoms with Crippen LogP contribution in [0.5, 0.6) is 0 Å². The van der Waals surface area contributed by atoms with Gasteiger partial charge >= 0.3 is 0 Å². The molecule has 2 nitrogen and oxygen atoms in total. The molecule has 3 heteroatoms. The molecule has 0 radical (unpaired) electrons. The molecule has 1 aromatic heterocycles. The molecule has 0 aliphatic carbocycles. The van der Waals surface area contributed by atoms with Crippen LogP contribution in [0, 0.1) is 6.92 Å². The molecule has 0 saturated heterocycles. The van der Waals surface area contributed by atoms with E-state index in [2.05, 4.69) is 0 Å². The van der Waals surface area contributed by atoms with E-state index in [1.165, 1.54) is 0 Å². The Labute approximate surface area is 87.1 Å². The first-order chi connectivity index (χ1) is 6.74. The Bertz CT molecular complexity index is 487. The van der Waals surface area contributed by atoms with Gasteiger partial charge in [0.1, 0.15) is 6.29 Å². The summed E-state index contributed by atoms with van der Waals surface area (Å²) in [5, 5.41) is 1.78. The summed E-state index contributed by atoms with van der Waals surface area (Å²) in [5.74, 6) is 0. The highest BCUT2D eigenvalue weighted by Gasteiger charge is 2.07. The molecule has 14 heavy (non-hydrogen) atoms. The van der Waals surface area contributed by atoms with Crippen molar-refractivity contribution in [2.24, 2.45) is 0 Å². The zero-order valence-electron chi connectivity index (χ0n) is 7.83. The van der Waals surface area contributed by atoms with E-state index in [-0.39, 0.29) is 0 Å². The molecule has 0 atom stereocenters. The van der Waals surface area contributed by atoms with Crippen molar-refractivity contribution in [3.05, 3.63) is 35.0 Å². The SMILES string of the molecule is Cc1cn(CC=O)c2cccc(Cl)c12. The molecule has 0 N–H and O–H groups in total. The van der Waals surface area contributed by atoms with Crippen molar-refractivity contribution in [1.82, 2.24) is 4.57 Å². The zero-order chi connectivity index (χ0) is 10.1. The van der Waals surface area contributed by atoms with Gasteiger partial charge in [-0.2, -0.15) is 0 Å². The molecule has 0 spiro atoms. The highest BCUT2D eigenvalue weighted by molar-refractivity contribution is 6.35. The number of aldehydes is 1. The Morgan fingerprint density at radius 3 is 3.00 bits per heavy atom. The normalized spacial score (nSPS) is 10.7. The van der Waals surface area contributed by atoms with Crippen LogP contribution in [0.25, 0.3) is 10.9 Å². The molecule has 0 aliphatic rings. The summed E-state index contributed by atoms with van der Waals surface area (Å²) in [4.78, 5) is 10.5. The minimum atomic E-state index is 0.380. The monoisotopic (exact) mass is 207 g/mol. The van der Waals surface area contributed by atoms with E-state index in [1.54, 1.807) is 0 Å². The van der Waals surface area contributed by atoms with Crippen LogP contribution in [0.15, 0.2) is 24.4 Å². The highest BCUT2D eigenvalue weighted by atomic mass is 35.5. The van der Waals surface area contributed by atoms with Crippen LogP contribution in [0.3, 0.4) is 0 Å². The second-order valence-corrected chi connectivity index (χ2v) is 3.67. The van der Waals surface area contributed by atoms with Crippen molar-refractivity contribution >= 4 is 28.8 Å². The summed E-state index contributed by atoms with van der Waals surface area (Å²) >= 11 is 6.07. The van der Waals surface area contributed by atoms with E-state index in [4.69, 9.17) is 11.6 Å². The maximum absolute atomic E-state index is 10.5. The topological polar surface area (TPSA) is 22.0 Å². The summed E-state index contributed by atoms with van der Waals surface area (Å²) in [6.07, 6.45) is 2.84. The van der Waals surface area contributed by atoms with Crippen LogP contribution in [0.1, 0.15) is 5.56 Å². The first-order valence-electron chi connectivity index (χ1n) is 4.41. The molecular weight excluding hydrogens is 198 g/mol. The quantitative estimate of drug-likeness (QED) is 0.695. The Morgan fingerprint density at radius 1 is 1.50 bits per heavy atom. The summed E-state index contributed by atoms with van der Waals surface area (Å²) < 4.78 is 1.91. The molecule has 2 rings (SSSR count). The predicted molar refractivity (Wildman–Crippen MR) is 57.7 cm³/mol. The smallest absolute Gasteiger partial charge is 0.139 e. The lowest BCUT2D eigenvalue weighted by atomic mass is 10.2. The number of carbonyl (C=O) groups is 1. The number of nitrogens with zero attached hydrogens (tertiary/aromatic N) is 1. The van der Waals surface area contributed by atoms with E-state index >= 15 is 0 Å². The Kier molecular flexibility index (Phi) is 2.30. The van der Waals surface area contributed by atoms with E-state index in [1.807, 2.05) is 35.9 Å². The fourth-order valence-electron chi connectivity index (χ4n) is 1.74. The number of hydrogen-bond acceptors (Lipinski definition) is 1. The lowest BCUT2D eigenvalue weighted by Crippen LogP contribution is -1.95. The van der Waals surface area contributed by atoms with Crippen LogP contribution in [0.4, 0.5) is 0 Å². The maximum atomic E-state index is 10.5. The van der Waals surface area contributed by atoms with E-state index in [0.29, 0.717) is 6.54 Å². The van der Waals surface area contributed by atoms with Gasteiger partial charge < -0.3 is 9.36 Å². The van der Waals surface area contributed by atoms with Gasteiger partial charge in [0.2, 0.25) is 0 Å². The lowest BCUT2D eigenvalue weighted by Gasteiger charge is -1.99. The van der Waals surface area contributed by atoms with Crippen molar-refractivity contribution in [3.8, 4) is 0 Å². The van der Waals surface area contributed by atoms with Gasteiger partial charge in [-0.1, -0.05) is 17.7 Å². The first kappa shape index (κ1) is 9.28. The number of aromatic nitrogens is 1. The van der Waals surface area contributed by atoms with Crippen LogP contribution >= 0.6 is 11.6 Å². The zero-order valence-corrected chi connectivity index (χ0v) is 8.58. The number of rotatable bonds is 2. The lowest BCUT2D eigenvalue weighted by molar-refractivity contribution is -0.108. The average molecular weight is 208 g/mol. The van der Waals surface area contributed by atoms with Gasteiger partial charge in [0.25, 0.3) is 0 Å². The molecular formula is C11H10ClNO. The van der Waals surface area contributed by atoms with Crippen LogP contribution in [0.2, 0.25) is 5.02 Å². The van der Waals surface area contributed by atoms with Crippen molar-refractivity contribution in [3.63, 3.8) is 0 Å². The van der Waals surface area contributed by atoms with Crippen molar-refractivity contribution < 1.29 is 4.79 Å². The van der Waals surface area contributed by atoms with Crippen molar-refractivity contribution in [1.29, 1.82) is 0 Å². The third-order valence-electron chi connectivity index (χ3n) is 2.32. The third-order valence-corrected chi connectivity index (χ3v) is 2.63. The largest absolute Gasteiger partial charge is 0.340 e. The average Bonchev–Trinajstić information content (AvgIpc) is 2.46. The standard InChI is InChI=1S/C11H10ClNO/c1-8-7-13(5-6-14)10-4-2-3-9(12)11(8)10/h2-4,6-7H,5H2,1H3. The fourth-order valence-corrected chi connectivity index (χ4v) is 2.06. The van der Waals surface area contributed by atoms with Crippen molar-refractivity contribution in [2.75, 3.05) is 0 Å². The van der Waals surface area contributed by atoms with E-state index in [9.17, 15) is 4.79 Å². The second-order valence-electron chi connectivity index (χ2n) is 3.27. The van der Waals surface area contributed by atoms with Crippen LogP contribution < -0.4 is 0 Å². The summed E-state index contributed by atoms with van der Waals surface area (Å²) in [5.41, 5.74) is 2.12. The number of fused-ring (bicyclic) bond motifs is 1. The molecule has 0 aliphatic heterocycles. The van der Waals surface area contributed by atoms with E-state index in [0.717, 1.165) is 27.8 Å². The van der Waals surface area contributed by atoms with Gasteiger partial charge in [-0.3, -0.25) is 0 Å². The molecule has 1 aromatic carbocycles. The minimum Gasteiger partial charge on any atom is -0.340 e. The summed E-state index contributed by atoms with van der Waals surface area (Å²) in [6, 6.07) is 5.73. The van der Waals surface area contributed by atoms with Crippen molar-refractivity contribution in [2.45, 2.75) is 13.5 Å². The van der Waals surface area contributed by atoms with Gasteiger partial charge in [-0.05, 0) is 24.6 Å². The molecule has 0 amide bonds. The molecule has 2 aromatic rings. The molecule has 72 valence electrons. The van der Waals surface area contributed by atoms with Crippen LogP contribution in [-0.2, 0) is 11.3 Å². The van der Waals surface area contributed by atoms with Gasteiger partial charge in [-0.15, -0.1) is 0 Å². The van der Waals surface area contributed by atoms with Gasteiger partial charge in [-0.25, -0.2) is 0 Å². The molecule has 0 unspecified atom stereocenters. The third kappa shape index (κ3) is 1.32. The Hall–Kier alpha value is -1.28. The molecule has 0 bridgehead atoms. The van der Waals surface area contributed by atoms with Crippen LogP contribution in [-0.4, -0.2) is 10.9 Å². The second kappa shape index (κ2) is 3.46. The van der Waals surface area contributed by atoms with Gasteiger partial charge in [0, 0.05) is 11.6 Å². The summed E-state index contributed by atoms with van der Waals surface area (Å²) in [6.45, 7) is 2.38. The van der Waals surface area contributed by atoms with E-state index < -0.39 is 0 Å². The maximum Gasteiger partial charge on any atom is 0.139 e. The number of carbonyl (C=O) groups excluding carboxylic acids is 1. The molecule has 1 heterocycles. The number of hydrogen-bond donors (Lipinski definition) is 0. The number of halogens is 1. The summed E-state index contributed by atoms with van der Waals surface area (Å²) in [7, 11) is 0. The number of aryl methyl sites for hydroxylation is 1.